The summed E-state index contributed by atoms with van der Waals surface area (Å²) < 4.78 is 35.5. The summed E-state index contributed by atoms with van der Waals surface area (Å²) in [6, 6.07) is 4.18. The summed E-state index contributed by atoms with van der Waals surface area (Å²) >= 11 is 0. The zero-order valence-electron chi connectivity index (χ0n) is 8.61. The molecule has 0 aliphatic rings. The normalized spacial score (nSPS) is 10.4. The van der Waals surface area contributed by atoms with Gasteiger partial charge in [-0.2, -0.15) is 0 Å². The molecule has 1 aromatic carbocycles. The maximum Gasteiger partial charge on any atom is 0.268 e. The molecule has 0 aromatic heterocycles. The van der Waals surface area contributed by atoms with E-state index in [9.17, 15) is 8.42 Å². The second kappa shape index (κ2) is 4.73. The molecule has 1 aromatic rings. The van der Waals surface area contributed by atoms with E-state index in [1.54, 1.807) is 0 Å². The Kier molecular flexibility index (Phi) is 3.60. The van der Waals surface area contributed by atoms with Gasteiger partial charge in [0, 0.05) is 15.5 Å². The van der Waals surface area contributed by atoms with Crippen LogP contribution < -0.4 is 9.47 Å². The molecule has 0 atom stereocenters. The van der Waals surface area contributed by atoms with Crippen LogP contribution in [0, 0.1) is 0 Å². The van der Waals surface area contributed by atoms with Crippen LogP contribution in [0.25, 0.3) is 10.4 Å². The van der Waals surface area contributed by atoms with E-state index in [1.807, 2.05) is 0 Å². The van der Waals surface area contributed by atoms with Crippen molar-refractivity contribution in [2.75, 3.05) is 14.2 Å². The van der Waals surface area contributed by atoms with Gasteiger partial charge in [0.1, 0.15) is 16.4 Å². The van der Waals surface area contributed by atoms with Gasteiger partial charge in [-0.25, -0.2) is 8.42 Å². The number of benzene rings is 1. The van der Waals surface area contributed by atoms with Crippen LogP contribution in [0.5, 0.6) is 11.5 Å². The van der Waals surface area contributed by atoms with E-state index in [4.69, 9.17) is 15.0 Å². The molecule has 0 saturated heterocycles. The van der Waals surface area contributed by atoms with Gasteiger partial charge in [0.2, 0.25) is 0 Å². The summed E-state index contributed by atoms with van der Waals surface area (Å²) in [6.07, 6.45) is 0. The Hall–Kier alpha value is -1.92. The van der Waals surface area contributed by atoms with Gasteiger partial charge in [0.25, 0.3) is 10.0 Å². The van der Waals surface area contributed by atoms with Crippen molar-refractivity contribution in [2.24, 2.45) is 4.52 Å². The highest BCUT2D eigenvalue weighted by atomic mass is 32.2. The maximum absolute atomic E-state index is 11.5. The molecule has 0 aliphatic heterocycles. The highest BCUT2D eigenvalue weighted by Gasteiger charge is 2.18. The quantitative estimate of drug-likeness (QED) is 0.456. The number of methoxy groups -OCH3 is 2. The number of ether oxygens (including phenoxy) is 2. The van der Waals surface area contributed by atoms with Crippen molar-refractivity contribution in [3.8, 4) is 11.5 Å². The topological polar surface area (TPSA) is 101 Å². The molecule has 0 amide bonds. The Labute approximate surface area is 92.3 Å². The fraction of sp³-hybridized carbons (Fsp3) is 0.250. The lowest BCUT2D eigenvalue weighted by Crippen LogP contribution is -2.00. The summed E-state index contributed by atoms with van der Waals surface area (Å²) in [5.41, 5.74) is 8.16. The molecule has 1 rings (SSSR count). The Morgan fingerprint density at radius 1 is 1.31 bits per heavy atom. The smallest absolute Gasteiger partial charge is 0.268 e. The van der Waals surface area contributed by atoms with Crippen LogP contribution in [0.15, 0.2) is 27.6 Å². The van der Waals surface area contributed by atoms with Crippen molar-refractivity contribution in [1.82, 2.24) is 0 Å². The SMILES string of the molecule is COc1ccc(OC)c(S(=O)(=O)N=[N+]=[N-])c1. The Bertz CT molecular complexity index is 534. The summed E-state index contributed by atoms with van der Waals surface area (Å²) in [5.74, 6) is 0.417. The van der Waals surface area contributed by atoms with E-state index in [0.717, 1.165) is 0 Å². The minimum absolute atomic E-state index is 0.0909. The molecule has 0 aliphatic carbocycles. The third kappa shape index (κ3) is 2.36. The molecule has 0 unspecified atom stereocenters. The predicted molar refractivity (Wildman–Crippen MR) is 55.9 cm³/mol. The lowest BCUT2D eigenvalue weighted by Gasteiger charge is -2.07. The summed E-state index contributed by atoms with van der Waals surface area (Å²) in [5, 5.41) is 0. The van der Waals surface area contributed by atoms with Crippen molar-refractivity contribution >= 4 is 10.0 Å². The molecule has 0 fully saturated rings. The van der Waals surface area contributed by atoms with Crippen LogP contribution in [0.1, 0.15) is 0 Å². The molecular formula is C8H9N3O4S. The number of hydrogen-bond donors (Lipinski definition) is 0. The van der Waals surface area contributed by atoms with Crippen LogP contribution in [0.4, 0.5) is 0 Å². The fourth-order valence-electron chi connectivity index (χ4n) is 1.08. The average molecular weight is 243 g/mol. The first kappa shape index (κ1) is 12.2. The number of hydrogen-bond acceptors (Lipinski definition) is 4. The Balaban J connectivity index is 3.46. The van der Waals surface area contributed by atoms with Gasteiger partial charge in [-0.05, 0) is 17.7 Å². The maximum atomic E-state index is 11.5. The molecule has 0 N–H and O–H groups in total. The van der Waals surface area contributed by atoms with Crippen molar-refractivity contribution in [3.63, 3.8) is 0 Å². The largest absolute Gasteiger partial charge is 0.497 e. The monoisotopic (exact) mass is 243 g/mol. The van der Waals surface area contributed by atoms with Gasteiger partial charge in [-0.1, -0.05) is 0 Å². The second-order valence-corrected chi connectivity index (χ2v) is 4.22. The van der Waals surface area contributed by atoms with Crippen LogP contribution in [-0.2, 0) is 10.0 Å². The first-order valence-corrected chi connectivity index (χ1v) is 5.52. The third-order valence-electron chi connectivity index (χ3n) is 1.79. The average Bonchev–Trinajstić information content (AvgIpc) is 2.28. The number of sulfonamides is 1. The molecule has 0 radical (unpaired) electrons. The minimum Gasteiger partial charge on any atom is -0.497 e. The van der Waals surface area contributed by atoms with E-state index < -0.39 is 10.0 Å². The highest BCUT2D eigenvalue weighted by Crippen LogP contribution is 2.29. The first-order valence-electron chi connectivity index (χ1n) is 4.08. The third-order valence-corrected chi connectivity index (χ3v) is 2.96. The number of rotatable bonds is 4. The van der Waals surface area contributed by atoms with Gasteiger partial charge < -0.3 is 9.47 Å². The fourth-order valence-corrected chi connectivity index (χ4v) is 1.93. The second-order valence-electron chi connectivity index (χ2n) is 2.66. The van der Waals surface area contributed by atoms with Crippen molar-refractivity contribution in [2.45, 2.75) is 4.90 Å². The highest BCUT2D eigenvalue weighted by molar-refractivity contribution is 7.90. The van der Waals surface area contributed by atoms with Crippen molar-refractivity contribution in [1.29, 1.82) is 0 Å². The lowest BCUT2D eigenvalue weighted by molar-refractivity contribution is 0.392. The van der Waals surface area contributed by atoms with Gasteiger partial charge in [0.05, 0.1) is 14.2 Å². The van der Waals surface area contributed by atoms with E-state index in [1.165, 1.54) is 32.4 Å². The summed E-state index contributed by atoms with van der Waals surface area (Å²) in [4.78, 5) is 2.03. The van der Waals surface area contributed by atoms with Gasteiger partial charge >= 0.3 is 0 Å². The standard InChI is InChI=1S/C8H9N3O4S/c1-14-6-3-4-7(15-2)8(5-6)16(12,13)11-10-9/h3-5H,1-2H3. The summed E-state index contributed by atoms with van der Waals surface area (Å²) in [7, 11) is -1.37. The number of azide groups is 1. The van der Waals surface area contributed by atoms with E-state index in [2.05, 4.69) is 9.43 Å². The molecular weight excluding hydrogens is 234 g/mol. The van der Waals surface area contributed by atoms with Crippen LogP contribution in [0.3, 0.4) is 0 Å². The Morgan fingerprint density at radius 3 is 2.50 bits per heavy atom. The van der Waals surface area contributed by atoms with Crippen LogP contribution in [-0.4, -0.2) is 22.6 Å². The first-order chi connectivity index (χ1) is 7.55. The Morgan fingerprint density at radius 2 is 2.00 bits per heavy atom. The molecule has 0 heterocycles. The molecule has 16 heavy (non-hydrogen) atoms. The van der Waals surface area contributed by atoms with E-state index in [-0.39, 0.29) is 10.6 Å². The lowest BCUT2D eigenvalue weighted by atomic mass is 10.3. The summed E-state index contributed by atoms with van der Waals surface area (Å²) in [6.45, 7) is 0. The molecule has 86 valence electrons. The van der Waals surface area contributed by atoms with Gasteiger partial charge in [-0.3, -0.25) is 0 Å². The number of nitrogens with zero attached hydrogens (tertiary/aromatic N) is 3. The van der Waals surface area contributed by atoms with Gasteiger partial charge in [0.15, 0.2) is 0 Å². The minimum atomic E-state index is -4.08. The van der Waals surface area contributed by atoms with Crippen molar-refractivity contribution in [3.05, 3.63) is 28.6 Å². The molecule has 8 heteroatoms. The zero-order valence-corrected chi connectivity index (χ0v) is 9.43. The molecule has 7 nitrogen and oxygen atoms in total. The van der Waals surface area contributed by atoms with E-state index in [0.29, 0.717) is 5.75 Å². The van der Waals surface area contributed by atoms with Gasteiger partial charge in [-0.15, -0.1) is 0 Å². The van der Waals surface area contributed by atoms with Crippen molar-refractivity contribution < 1.29 is 17.9 Å². The van der Waals surface area contributed by atoms with Crippen LogP contribution >= 0.6 is 0 Å². The molecule has 0 bridgehead atoms. The van der Waals surface area contributed by atoms with Crippen LogP contribution in [0.2, 0.25) is 0 Å². The molecule has 0 saturated carbocycles. The van der Waals surface area contributed by atoms with E-state index >= 15 is 0 Å². The predicted octanol–water partition coefficient (Wildman–Crippen LogP) is 1.70. The zero-order chi connectivity index (χ0) is 12.2. The molecule has 0 spiro atoms.